The van der Waals surface area contributed by atoms with Crippen LogP contribution in [0.15, 0.2) is 30.5 Å². The zero-order valence-corrected chi connectivity index (χ0v) is 18.6. The molecule has 2 aliphatic heterocycles. The van der Waals surface area contributed by atoms with Crippen molar-refractivity contribution in [3.63, 3.8) is 0 Å². The van der Waals surface area contributed by atoms with Gasteiger partial charge in [-0.2, -0.15) is 13.2 Å². The molecule has 178 valence electrons. The van der Waals surface area contributed by atoms with Gasteiger partial charge in [-0.3, -0.25) is 29.5 Å². The molecule has 4 rings (SSSR count). The third-order valence-electron chi connectivity index (χ3n) is 5.50. The summed E-state index contributed by atoms with van der Waals surface area (Å²) >= 11 is 11.6. The smallest absolute Gasteiger partial charge is 0.335 e. The number of rotatable bonds is 4. The van der Waals surface area contributed by atoms with Crippen LogP contribution in [-0.2, 0) is 16.1 Å². The second-order valence-corrected chi connectivity index (χ2v) is 8.58. The maximum absolute atomic E-state index is 13.7. The molecular formula is C21H15Cl2F3N4O4. The number of fused-ring (bicyclic) bond motifs is 1. The number of alkyl halides is 3. The molecule has 3 heterocycles. The van der Waals surface area contributed by atoms with E-state index in [1.165, 1.54) is 23.1 Å². The molecule has 1 unspecified atom stereocenters. The van der Waals surface area contributed by atoms with E-state index in [-0.39, 0.29) is 40.6 Å². The Labute approximate surface area is 200 Å². The highest BCUT2D eigenvalue weighted by atomic mass is 35.5. The van der Waals surface area contributed by atoms with Crippen molar-refractivity contribution in [3.05, 3.63) is 62.9 Å². The number of carbonyl (C=O) groups excluding carboxylic acids is 4. The van der Waals surface area contributed by atoms with E-state index in [2.05, 4.69) is 10.3 Å². The van der Waals surface area contributed by atoms with E-state index in [9.17, 15) is 32.3 Å². The summed E-state index contributed by atoms with van der Waals surface area (Å²) in [6.07, 6.45) is -3.70. The first-order valence-corrected chi connectivity index (χ1v) is 10.7. The number of halogens is 5. The SMILES string of the molecule is O=C1CC[C@H](N2Cc3cc(C(=O)NC(c4ncc(Cl)cc4Cl)C(F)(F)F)ccc3C2=O)C(=O)N1. The molecule has 34 heavy (non-hydrogen) atoms. The fraction of sp³-hybridized carbons (Fsp3) is 0.286. The van der Waals surface area contributed by atoms with Crippen molar-refractivity contribution in [1.29, 1.82) is 0 Å². The fourth-order valence-corrected chi connectivity index (χ4v) is 4.36. The third-order valence-corrected chi connectivity index (χ3v) is 6.01. The predicted octanol–water partition coefficient (Wildman–Crippen LogP) is 3.18. The molecule has 1 aromatic carbocycles. The van der Waals surface area contributed by atoms with Crippen LogP contribution in [0.25, 0.3) is 0 Å². The maximum atomic E-state index is 13.7. The molecule has 0 aliphatic carbocycles. The summed E-state index contributed by atoms with van der Waals surface area (Å²) in [4.78, 5) is 53.8. The Bertz CT molecular complexity index is 1220. The third kappa shape index (κ3) is 4.58. The first-order chi connectivity index (χ1) is 16.0. The van der Waals surface area contributed by atoms with Gasteiger partial charge in [0.15, 0.2) is 6.04 Å². The summed E-state index contributed by atoms with van der Waals surface area (Å²) in [5, 5.41) is 3.73. The van der Waals surface area contributed by atoms with Crippen LogP contribution in [0.1, 0.15) is 50.9 Å². The summed E-state index contributed by atoms with van der Waals surface area (Å²) in [6, 6.07) is 1.54. The molecule has 13 heteroatoms. The van der Waals surface area contributed by atoms with Gasteiger partial charge in [-0.15, -0.1) is 0 Å². The molecule has 2 aromatic rings. The Kier molecular flexibility index (Phi) is 6.26. The van der Waals surface area contributed by atoms with Crippen LogP contribution < -0.4 is 10.6 Å². The molecule has 0 saturated carbocycles. The van der Waals surface area contributed by atoms with Gasteiger partial charge in [0.05, 0.1) is 15.7 Å². The van der Waals surface area contributed by atoms with Crippen LogP contribution in [0, 0.1) is 0 Å². The average molecular weight is 515 g/mol. The molecule has 1 fully saturated rings. The molecular weight excluding hydrogens is 500 g/mol. The lowest BCUT2D eigenvalue weighted by Gasteiger charge is -2.29. The van der Waals surface area contributed by atoms with E-state index in [4.69, 9.17) is 23.2 Å². The van der Waals surface area contributed by atoms with Gasteiger partial charge < -0.3 is 10.2 Å². The minimum absolute atomic E-state index is 0.0323. The molecule has 2 aliphatic rings. The van der Waals surface area contributed by atoms with Crippen molar-refractivity contribution >= 4 is 46.8 Å². The molecule has 0 bridgehead atoms. The standard InChI is InChI=1S/C21H15Cl2F3N4O4/c22-11-6-13(23)16(27-7-11)17(21(24,25)26)29-18(32)9-1-2-12-10(5-9)8-30(20(12)34)14-3-4-15(31)28-19(14)33/h1-2,5-7,14,17H,3-4,8H2,(H,29,32)(H,28,31,33)/t14-,17?/m0/s1. The normalized spacial score (nSPS) is 19.0. The molecule has 0 radical (unpaired) electrons. The first kappa shape index (κ1) is 24.0. The largest absolute Gasteiger partial charge is 0.414 e. The van der Waals surface area contributed by atoms with Gasteiger partial charge >= 0.3 is 6.18 Å². The van der Waals surface area contributed by atoms with Gasteiger partial charge in [0.1, 0.15) is 6.04 Å². The van der Waals surface area contributed by atoms with E-state index < -0.39 is 47.6 Å². The quantitative estimate of drug-likeness (QED) is 0.609. The number of carbonyl (C=O) groups is 4. The summed E-state index contributed by atoms with van der Waals surface area (Å²) < 4.78 is 41.1. The van der Waals surface area contributed by atoms with Gasteiger partial charge in [-0.05, 0) is 36.2 Å². The zero-order chi connectivity index (χ0) is 24.8. The van der Waals surface area contributed by atoms with E-state index >= 15 is 0 Å². The monoisotopic (exact) mass is 514 g/mol. The molecule has 0 spiro atoms. The van der Waals surface area contributed by atoms with Crippen molar-refractivity contribution in [2.45, 2.75) is 37.6 Å². The number of nitrogens with zero attached hydrogens (tertiary/aromatic N) is 2. The first-order valence-electron chi connectivity index (χ1n) is 9.92. The van der Waals surface area contributed by atoms with Crippen LogP contribution in [-0.4, -0.2) is 45.7 Å². The summed E-state index contributed by atoms with van der Waals surface area (Å²) in [6.45, 7) is -0.0329. The van der Waals surface area contributed by atoms with E-state index in [1.54, 1.807) is 0 Å². The number of aromatic nitrogens is 1. The minimum Gasteiger partial charge on any atom is -0.335 e. The highest BCUT2D eigenvalue weighted by molar-refractivity contribution is 6.34. The van der Waals surface area contributed by atoms with Crippen molar-refractivity contribution in [2.24, 2.45) is 0 Å². The number of hydrogen-bond donors (Lipinski definition) is 2. The van der Waals surface area contributed by atoms with Crippen molar-refractivity contribution < 1.29 is 32.3 Å². The van der Waals surface area contributed by atoms with Gasteiger partial charge in [0, 0.05) is 30.3 Å². The van der Waals surface area contributed by atoms with E-state index in [0.29, 0.717) is 5.56 Å². The number of pyridine rings is 1. The van der Waals surface area contributed by atoms with Crippen LogP contribution in [0.5, 0.6) is 0 Å². The van der Waals surface area contributed by atoms with Crippen LogP contribution in [0.4, 0.5) is 13.2 Å². The van der Waals surface area contributed by atoms with Crippen LogP contribution >= 0.6 is 23.2 Å². The van der Waals surface area contributed by atoms with Crippen molar-refractivity contribution in [1.82, 2.24) is 20.5 Å². The molecule has 2 atom stereocenters. The van der Waals surface area contributed by atoms with Gasteiger partial charge in [-0.25, -0.2) is 0 Å². The van der Waals surface area contributed by atoms with E-state index in [1.807, 2.05) is 5.32 Å². The highest BCUT2D eigenvalue weighted by Gasteiger charge is 2.44. The van der Waals surface area contributed by atoms with Crippen molar-refractivity contribution in [2.75, 3.05) is 0 Å². The van der Waals surface area contributed by atoms with Crippen LogP contribution in [0.2, 0.25) is 10.0 Å². The highest BCUT2D eigenvalue weighted by Crippen LogP contribution is 2.36. The number of piperidine rings is 1. The van der Waals surface area contributed by atoms with Gasteiger partial charge in [-0.1, -0.05) is 23.2 Å². The van der Waals surface area contributed by atoms with E-state index in [0.717, 1.165) is 12.3 Å². The molecule has 4 amide bonds. The second-order valence-electron chi connectivity index (χ2n) is 7.74. The number of hydrogen-bond acceptors (Lipinski definition) is 5. The Morgan fingerprint density at radius 2 is 1.94 bits per heavy atom. The Balaban J connectivity index is 1.56. The van der Waals surface area contributed by atoms with Crippen molar-refractivity contribution in [3.8, 4) is 0 Å². The van der Waals surface area contributed by atoms with Gasteiger partial charge in [0.25, 0.3) is 11.8 Å². The summed E-state index contributed by atoms with van der Waals surface area (Å²) in [5.74, 6) is -2.57. The molecule has 1 saturated heterocycles. The van der Waals surface area contributed by atoms with Crippen LogP contribution in [0.3, 0.4) is 0 Å². The number of benzene rings is 1. The Morgan fingerprint density at radius 1 is 1.21 bits per heavy atom. The minimum atomic E-state index is -4.91. The summed E-state index contributed by atoms with van der Waals surface area (Å²) in [5.41, 5.74) is -0.159. The topological polar surface area (TPSA) is 108 Å². The lowest BCUT2D eigenvalue weighted by Crippen LogP contribution is -2.52. The van der Waals surface area contributed by atoms with Gasteiger partial charge in [0.2, 0.25) is 11.8 Å². The molecule has 1 aromatic heterocycles. The summed E-state index contributed by atoms with van der Waals surface area (Å²) in [7, 11) is 0. The second kappa shape index (κ2) is 8.88. The molecule has 2 N–H and O–H groups in total. The maximum Gasteiger partial charge on any atom is 0.414 e. The zero-order valence-electron chi connectivity index (χ0n) is 17.1. The average Bonchev–Trinajstić information content (AvgIpc) is 3.07. The number of imide groups is 1. The lowest BCUT2D eigenvalue weighted by atomic mass is 10.0. The Hall–Kier alpha value is -3.18. The lowest BCUT2D eigenvalue weighted by molar-refractivity contribution is -0.156. The number of nitrogens with one attached hydrogen (secondary N) is 2. The predicted molar refractivity (Wildman–Crippen MR) is 113 cm³/mol. The Morgan fingerprint density at radius 3 is 2.59 bits per heavy atom. The molecule has 8 nitrogen and oxygen atoms in total. The number of amides is 4. The fourth-order valence-electron chi connectivity index (χ4n) is 3.87.